The van der Waals surface area contributed by atoms with Crippen LogP contribution in [0.25, 0.3) is 0 Å². The standard InChI is InChI=1S/C16H35N3/c1-2-3-4-5-6-7-8-9-10-11-12-18-19-15-13-17-14-16-19/h17-18H,2-16H2,1H3. The molecule has 2 N–H and O–H groups in total. The Hall–Kier alpha value is -0.120. The molecule has 0 radical (unpaired) electrons. The van der Waals surface area contributed by atoms with Gasteiger partial charge < -0.3 is 5.32 Å². The van der Waals surface area contributed by atoms with E-state index < -0.39 is 0 Å². The molecule has 0 saturated carbocycles. The molecular formula is C16H35N3. The minimum atomic E-state index is 1.13. The smallest absolute Gasteiger partial charge is 0.0256 e. The molecule has 0 unspecified atom stereocenters. The molecule has 1 aliphatic heterocycles. The van der Waals surface area contributed by atoms with Crippen LogP contribution in [0.3, 0.4) is 0 Å². The van der Waals surface area contributed by atoms with E-state index >= 15 is 0 Å². The Morgan fingerprint density at radius 2 is 1.32 bits per heavy atom. The number of hydrazine groups is 1. The summed E-state index contributed by atoms with van der Waals surface area (Å²) in [7, 11) is 0. The van der Waals surface area contributed by atoms with Crippen molar-refractivity contribution in [1.29, 1.82) is 0 Å². The highest BCUT2D eigenvalue weighted by molar-refractivity contribution is 4.63. The van der Waals surface area contributed by atoms with Gasteiger partial charge in [-0.25, -0.2) is 5.01 Å². The third-order valence-electron chi connectivity index (χ3n) is 3.98. The summed E-state index contributed by atoms with van der Waals surface area (Å²) in [6.45, 7) is 8.01. The van der Waals surface area contributed by atoms with Gasteiger partial charge in [0.05, 0.1) is 0 Å². The molecule has 19 heavy (non-hydrogen) atoms. The van der Waals surface area contributed by atoms with Gasteiger partial charge >= 0.3 is 0 Å². The van der Waals surface area contributed by atoms with Crippen molar-refractivity contribution < 1.29 is 0 Å². The molecule has 0 aliphatic carbocycles. The first kappa shape index (κ1) is 16.9. The first-order valence-corrected chi connectivity index (χ1v) is 8.62. The second-order valence-electron chi connectivity index (χ2n) is 5.83. The average molecular weight is 269 g/mol. The Kier molecular flexibility index (Phi) is 11.5. The summed E-state index contributed by atoms with van der Waals surface area (Å²) in [6.07, 6.45) is 14.2. The van der Waals surface area contributed by atoms with E-state index in [1.165, 1.54) is 64.2 Å². The number of nitrogens with zero attached hydrogens (tertiary/aromatic N) is 1. The van der Waals surface area contributed by atoms with Crippen molar-refractivity contribution in [3.63, 3.8) is 0 Å². The number of rotatable bonds is 12. The summed E-state index contributed by atoms with van der Waals surface area (Å²) in [4.78, 5) is 0. The molecule has 1 saturated heterocycles. The summed E-state index contributed by atoms with van der Waals surface area (Å²) in [5.74, 6) is 0. The summed E-state index contributed by atoms with van der Waals surface area (Å²) < 4.78 is 0. The Morgan fingerprint density at radius 1 is 0.789 bits per heavy atom. The number of hydrogen-bond donors (Lipinski definition) is 2. The van der Waals surface area contributed by atoms with Crippen molar-refractivity contribution in [3.05, 3.63) is 0 Å². The topological polar surface area (TPSA) is 27.3 Å². The van der Waals surface area contributed by atoms with E-state index in [4.69, 9.17) is 0 Å². The predicted molar refractivity (Wildman–Crippen MR) is 84.3 cm³/mol. The molecule has 114 valence electrons. The van der Waals surface area contributed by atoms with Gasteiger partial charge in [-0.05, 0) is 6.42 Å². The van der Waals surface area contributed by atoms with E-state index in [2.05, 4.69) is 22.7 Å². The Balaban J connectivity index is 1.71. The van der Waals surface area contributed by atoms with Gasteiger partial charge in [-0.3, -0.25) is 5.43 Å². The summed E-state index contributed by atoms with van der Waals surface area (Å²) in [5, 5.41) is 5.74. The molecule has 1 aliphatic rings. The molecular weight excluding hydrogens is 234 g/mol. The zero-order valence-electron chi connectivity index (χ0n) is 13.1. The lowest BCUT2D eigenvalue weighted by atomic mass is 10.1. The van der Waals surface area contributed by atoms with Crippen LogP contribution in [0, 0.1) is 0 Å². The number of unbranched alkanes of at least 4 members (excludes halogenated alkanes) is 9. The molecule has 0 spiro atoms. The quantitative estimate of drug-likeness (QED) is 0.532. The summed E-state index contributed by atoms with van der Waals surface area (Å²) in [5.41, 5.74) is 3.54. The monoisotopic (exact) mass is 269 g/mol. The van der Waals surface area contributed by atoms with Gasteiger partial charge in [0, 0.05) is 32.7 Å². The van der Waals surface area contributed by atoms with Crippen LogP contribution in [0.4, 0.5) is 0 Å². The fourth-order valence-electron chi connectivity index (χ4n) is 2.67. The highest BCUT2D eigenvalue weighted by Gasteiger charge is 2.07. The lowest BCUT2D eigenvalue weighted by Crippen LogP contribution is -2.50. The highest BCUT2D eigenvalue weighted by Crippen LogP contribution is 2.10. The van der Waals surface area contributed by atoms with Crippen molar-refractivity contribution >= 4 is 0 Å². The van der Waals surface area contributed by atoms with E-state index in [9.17, 15) is 0 Å². The fraction of sp³-hybridized carbons (Fsp3) is 1.00. The summed E-state index contributed by atoms with van der Waals surface area (Å²) in [6, 6.07) is 0. The van der Waals surface area contributed by atoms with Crippen molar-refractivity contribution in [2.75, 3.05) is 32.7 Å². The minimum absolute atomic E-state index is 1.13. The summed E-state index contributed by atoms with van der Waals surface area (Å²) >= 11 is 0. The van der Waals surface area contributed by atoms with Gasteiger partial charge in [0.2, 0.25) is 0 Å². The third-order valence-corrected chi connectivity index (χ3v) is 3.98. The predicted octanol–water partition coefficient (Wildman–Crippen LogP) is 3.32. The highest BCUT2D eigenvalue weighted by atomic mass is 15.5. The molecule has 1 rings (SSSR count). The van der Waals surface area contributed by atoms with Gasteiger partial charge in [0.15, 0.2) is 0 Å². The van der Waals surface area contributed by atoms with E-state index in [0.29, 0.717) is 0 Å². The van der Waals surface area contributed by atoms with Crippen LogP contribution in [0.15, 0.2) is 0 Å². The van der Waals surface area contributed by atoms with Crippen molar-refractivity contribution in [2.45, 2.75) is 71.1 Å². The largest absolute Gasteiger partial charge is 0.314 e. The van der Waals surface area contributed by atoms with Crippen LogP contribution in [-0.2, 0) is 0 Å². The van der Waals surface area contributed by atoms with Crippen LogP contribution >= 0.6 is 0 Å². The molecule has 3 nitrogen and oxygen atoms in total. The first-order chi connectivity index (χ1) is 9.43. The minimum Gasteiger partial charge on any atom is -0.314 e. The van der Waals surface area contributed by atoms with Gasteiger partial charge in [-0.1, -0.05) is 64.7 Å². The number of hydrogen-bond acceptors (Lipinski definition) is 3. The van der Waals surface area contributed by atoms with Crippen LogP contribution in [-0.4, -0.2) is 37.7 Å². The van der Waals surface area contributed by atoms with Crippen molar-refractivity contribution in [1.82, 2.24) is 15.8 Å². The maximum atomic E-state index is 3.54. The number of nitrogens with one attached hydrogen (secondary N) is 2. The molecule has 1 fully saturated rings. The number of piperazine rings is 1. The van der Waals surface area contributed by atoms with E-state index in [-0.39, 0.29) is 0 Å². The molecule has 0 aromatic rings. The van der Waals surface area contributed by atoms with Crippen LogP contribution in [0.2, 0.25) is 0 Å². The normalized spacial score (nSPS) is 16.9. The zero-order valence-corrected chi connectivity index (χ0v) is 13.1. The third kappa shape index (κ3) is 10.3. The van der Waals surface area contributed by atoms with Crippen LogP contribution in [0.5, 0.6) is 0 Å². The van der Waals surface area contributed by atoms with Crippen molar-refractivity contribution in [2.24, 2.45) is 0 Å². The lowest BCUT2D eigenvalue weighted by molar-refractivity contribution is 0.163. The maximum absolute atomic E-state index is 3.54. The second kappa shape index (κ2) is 12.9. The van der Waals surface area contributed by atoms with E-state index in [1.807, 2.05) is 0 Å². The fourth-order valence-corrected chi connectivity index (χ4v) is 2.67. The molecule has 0 aromatic carbocycles. The van der Waals surface area contributed by atoms with Crippen LogP contribution in [0.1, 0.15) is 71.1 Å². The average Bonchev–Trinajstić information content (AvgIpc) is 2.46. The molecule has 1 heterocycles. The van der Waals surface area contributed by atoms with Gasteiger partial charge in [-0.15, -0.1) is 0 Å². The lowest BCUT2D eigenvalue weighted by Gasteiger charge is -2.27. The van der Waals surface area contributed by atoms with Gasteiger partial charge in [-0.2, -0.15) is 0 Å². The van der Waals surface area contributed by atoms with E-state index in [1.54, 1.807) is 0 Å². The Bertz CT molecular complexity index is 179. The molecule has 0 atom stereocenters. The zero-order chi connectivity index (χ0) is 13.6. The van der Waals surface area contributed by atoms with Crippen molar-refractivity contribution in [3.8, 4) is 0 Å². The SMILES string of the molecule is CCCCCCCCCCCCNN1CCNCC1. The molecule has 0 amide bonds. The Morgan fingerprint density at radius 3 is 1.89 bits per heavy atom. The maximum Gasteiger partial charge on any atom is 0.0256 e. The van der Waals surface area contributed by atoms with Gasteiger partial charge in [0.1, 0.15) is 0 Å². The molecule has 0 aromatic heterocycles. The second-order valence-corrected chi connectivity index (χ2v) is 5.83. The van der Waals surface area contributed by atoms with E-state index in [0.717, 1.165) is 32.7 Å². The first-order valence-electron chi connectivity index (χ1n) is 8.62. The molecule has 0 bridgehead atoms. The Labute approximate surface area is 120 Å². The van der Waals surface area contributed by atoms with Gasteiger partial charge in [0.25, 0.3) is 0 Å². The van der Waals surface area contributed by atoms with Crippen LogP contribution < -0.4 is 10.7 Å². The molecule has 3 heteroatoms.